The summed E-state index contributed by atoms with van der Waals surface area (Å²) in [5.41, 5.74) is 0. The molecule has 0 spiro atoms. The first-order valence-corrected chi connectivity index (χ1v) is 15.0. The first kappa shape index (κ1) is 20.6. The summed E-state index contributed by atoms with van der Waals surface area (Å²) in [5, 5.41) is 0.251. The van der Waals surface area contributed by atoms with Crippen molar-refractivity contribution in [3.63, 3.8) is 0 Å². The molecule has 5 heteroatoms. The molecule has 0 radical (unpaired) electrons. The Balaban J connectivity index is 2.74. The highest BCUT2D eigenvalue weighted by Gasteiger charge is 2.42. The maximum atomic E-state index is 6.65. The molecule has 1 aliphatic rings. The lowest BCUT2D eigenvalue weighted by Crippen LogP contribution is -2.44. The van der Waals surface area contributed by atoms with Gasteiger partial charge in [-0.15, -0.1) is 0 Å². The van der Waals surface area contributed by atoms with Gasteiger partial charge in [-0.05, 0) is 42.3 Å². The predicted octanol–water partition coefficient (Wildman–Crippen LogP) is 6.45. The van der Waals surface area contributed by atoms with Gasteiger partial charge in [-0.3, -0.25) is 0 Å². The van der Waals surface area contributed by atoms with Crippen molar-refractivity contribution < 1.29 is 8.85 Å². The second-order valence-corrected chi connectivity index (χ2v) is 18.4. The molecule has 0 heterocycles. The average Bonchev–Trinajstić information content (AvgIpc) is 2.74. The minimum Gasteiger partial charge on any atom is -0.410 e. The average molecular weight is 408 g/mol. The van der Waals surface area contributed by atoms with E-state index in [4.69, 9.17) is 8.85 Å². The fourth-order valence-electron chi connectivity index (χ4n) is 2.72. The maximum Gasteiger partial charge on any atom is 0.192 e. The quantitative estimate of drug-likeness (QED) is 0.452. The summed E-state index contributed by atoms with van der Waals surface area (Å²) >= 11 is 3.74. The summed E-state index contributed by atoms with van der Waals surface area (Å²) in [4.78, 5) is 0. The molecule has 0 unspecified atom stereocenters. The van der Waals surface area contributed by atoms with Crippen LogP contribution in [0.1, 0.15) is 48.0 Å². The van der Waals surface area contributed by atoms with Crippen molar-refractivity contribution >= 4 is 32.6 Å². The Hall–Kier alpha value is 0.574. The lowest BCUT2D eigenvalue weighted by atomic mass is 10.2. The van der Waals surface area contributed by atoms with Gasteiger partial charge in [0.05, 0.1) is 12.2 Å². The van der Waals surface area contributed by atoms with E-state index < -0.39 is 16.6 Å². The second kappa shape index (κ2) is 7.64. The van der Waals surface area contributed by atoms with E-state index >= 15 is 0 Å². The van der Waals surface area contributed by atoms with Crippen molar-refractivity contribution in [2.45, 2.75) is 96.4 Å². The predicted molar refractivity (Wildman–Crippen MR) is 106 cm³/mol. The van der Waals surface area contributed by atoms with Crippen molar-refractivity contribution in [3.8, 4) is 0 Å². The van der Waals surface area contributed by atoms with Gasteiger partial charge in [-0.1, -0.05) is 57.5 Å². The summed E-state index contributed by atoms with van der Waals surface area (Å²) < 4.78 is 14.4. The Morgan fingerprint density at radius 2 is 1.59 bits per heavy atom. The number of halogens is 1. The number of rotatable bonds is 7. The van der Waals surface area contributed by atoms with Crippen LogP contribution in [0, 0.1) is 0 Å². The van der Waals surface area contributed by atoms with Crippen molar-refractivity contribution in [1.29, 1.82) is 0 Å². The molecule has 0 aromatic carbocycles. The van der Waals surface area contributed by atoms with Crippen LogP contribution >= 0.6 is 15.9 Å². The second-order valence-electron chi connectivity index (χ2n) is 8.05. The fourth-order valence-corrected chi connectivity index (χ4v) is 7.57. The molecular weight excluding hydrogens is 372 g/mol. The normalized spacial score (nSPS) is 23.8. The Bertz CT molecular complexity index is 390. The molecule has 0 aromatic heterocycles. The highest BCUT2D eigenvalue weighted by atomic mass is 79.9. The molecule has 1 rings (SSSR count). The van der Waals surface area contributed by atoms with Crippen molar-refractivity contribution in [3.05, 3.63) is 10.6 Å². The molecule has 0 saturated carbocycles. The zero-order valence-corrected chi connectivity index (χ0v) is 19.3. The summed E-state index contributed by atoms with van der Waals surface area (Å²) in [5.74, 6) is 0. The van der Waals surface area contributed by atoms with E-state index in [-0.39, 0.29) is 17.2 Å². The van der Waals surface area contributed by atoms with Gasteiger partial charge in [0.25, 0.3) is 0 Å². The first-order valence-electron chi connectivity index (χ1n) is 8.73. The Kier molecular flexibility index (Phi) is 7.16. The molecule has 1 aliphatic carbocycles. The van der Waals surface area contributed by atoms with E-state index in [1.807, 2.05) is 0 Å². The Labute approximate surface area is 148 Å². The molecule has 0 amide bonds. The topological polar surface area (TPSA) is 18.5 Å². The Morgan fingerprint density at radius 1 is 1.09 bits per heavy atom. The molecule has 0 saturated heterocycles. The van der Waals surface area contributed by atoms with E-state index in [9.17, 15) is 0 Å². The summed E-state index contributed by atoms with van der Waals surface area (Å²) in [7, 11) is -3.29. The number of hydrogen-bond acceptors (Lipinski definition) is 2. The van der Waals surface area contributed by atoms with Gasteiger partial charge in [0.15, 0.2) is 16.6 Å². The lowest BCUT2D eigenvalue weighted by molar-refractivity contribution is 0.161. The summed E-state index contributed by atoms with van der Waals surface area (Å²) in [6, 6.07) is 3.60. The molecule has 0 aromatic rings. The molecule has 22 heavy (non-hydrogen) atoms. The molecule has 0 N–H and O–H groups in total. The van der Waals surface area contributed by atoms with Gasteiger partial charge in [-0.2, -0.15) is 0 Å². The largest absolute Gasteiger partial charge is 0.410 e. The van der Waals surface area contributed by atoms with E-state index in [1.165, 1.54) is 22.6 Å². The zero-order chi connectivity index (χ0) is 17.2. The summed E-state index contributed by atoms with van der Waals surface area (Å²) in [6.07, 6.45) is 3.63. The molecule has 2 nitrogen and oxygen atoms in total. The maximum absolute atomic E-state index is 6.65. The van der Waals surface area contributed by atoms with Gasteiger partial charge >= 0.3 is 0 Å². The third-order valence-electron chi connectivity index (χ3n) is 5.68. The Morgan fingerprint density at radius 3 is 2.00 bits per heavy atom. The smallest absolute Gasteiger partial charge is 0.192 e. The van der Waals surface area contributed by atoms with Crippen molar-refractivity contribution in [2.75, 3.05) is 0 Å². The molecule has 130 valence electrons. The van der Waals surface area contributed by atoms with Crippen LogP contribution < -0.4 is 0 Å². The molecule has 0 bridgehead atoms. The zero-order valence-electron chi connectivity index (χ0n) is 15.8. The van der Waals surface area contributed by atoms with E-state index in [0.717, 1.165) is 6.42 Å². The van der Waals surface area contributed by atoms with Gasteiger partial charge in [-0.25, -0.2) is 0 Å². The van der Waals surface area contributed by atoms with Gasteiger partial charge in [0.2, 0.25) is 0 Å². The van der Waals surface area contributed by atoms with Gasteiger partial charge in [0, 0.05) is 10.9 Å². The highest BCUT2D eigenvalue weighted by Crippen LogP contribution is 2.41. The monoisotopic (exact) mass is 406 g/mol. The fraction of sp³-hybridized carbons (Fsp3) is 0.882. The third kappa shape index (κ3) is 4.79. The first-order chi connectivity index (χ1) is 10.00. The standard InChI is InChI=1S/C17H35BrO2Si2/c1-9-22(10-2,11-3)20-16-13-14(12-15(16)18)19-21(7,8)17(4,5)6/h12,14,16H,9-11,13H2,1-8H3/t14-,16-/m0/s1. The van der Waals surface area contributed by atoms with Crippen LogP contribution in [0.15, 0.2) is 10.6 Å². The summed E-state index contributed by atoms with van der Waals surface area (Å²) in [6.45, 7) is 18.4. The van der Waals surface area contributed by atoms with Crippen molar-refractivity contribution in [1.82, 2.24) is 0 Å². The van der Waals surface area contributed by atoms with E-state index in [0.29, 0.717) is 0 Å². The van der Waals surface area contributed by atoms with Gasteiger partial charge < -0.3 is 8.85 Å². The lowest BCUT2D eigenvalue weighted by Gasteiger charge is -2.38. The number of hydrogen-bond donors (Lipinski definition) is 0. The van der Waals surface area contributed by atoms with Crippen molar-refractivity contribution in [2.24, 2.45) is 0 Å². The van der Waals surface area contributed by atoms with E-state index in [1.54, 1.807) is 0 Å². The highest BCUT2D eigenvalue weighted by molar-refractivity contribution is 9.11. The molecule has 0 fully saturated rings. The molecule has 2 atom stereocenters. The van der Waals surface area contributed by atoms with Crippen LogP contribution in [0.5, 0.6) is 0 Å². The minimum atomic E-state index is -1.72. The SMILES string of the molecule is CC[Si](CC)(CC)O[C@H]1C[C@@H](O[Si](C)(C)C(C)(C)C)C=C1Br. The van der Waals surface area contributed by atoms with E-state index in [2.05, 4.69) is 76.6 Å². The van der Waals surface area contributed by atoms with Gasteiger partial charge in [0.1, 0.15) is 0 Å². The van der Waals surface area contributed by atoms with Crippen LogP contribution in [-0.4, -0.2) is 28.8 Å². The van der Waals surface area contributed by atoms with Crippen LogP contribution in [0.2, 0.25) is 36.3 Å². The van der Waals surface area contributed by atoms with Crippen LogP contribution in [0.4, 0.5) is 0 Å². The van der Waals surface area contributed by atoms with Crippen LogP contribution in [-0.2, 0) is 8.85 Å². The van der Waals surface area contributed by atoms with Crippen LogP contribution in [0.3, 0.4) is 0 Å². The molecular formula is C17H35BrO2Si2. The van der Waals surface area contributed by atoms with Crippen LogP contribution in [0.25, 0.3) is 0 Å². The third-order valence-corrected chi connectivity index (χ3v) is 15.6. The minimum absolute atomic E-state index is 0.206. The molecule has 0 aliphatic heterocycles.